The number of halogens is 1. The van der Waals surface area contributed by atoms with Crippen LogP contribution in [0.15, 0.2) is 39.0 Å². The summed E-state index contributed by atoms with van der Waals surface area (Å²) in [6.07, 6.45) is 0.640. The number of benzene rings is 1. The lowest BCUT2D eigenvalue weighted by Gasteiger charge is -2.10. The van der Waals surface area contributed by atoms with E-state index in [1.165, 1.54) is 17.4 Å². The van der Waals surface area contributed by atoms with E-state index in [4.69, 9.17) is 5.73 Å². The molecule has 0 aliphatic rings. The molecule has 0 saturated heterocycles. The highest BCUT2D eigenvalue weighted by Gasteiger charge is 2.18. The van der Waals surface area contributed by atoms with E-state index in [9.17, 15) is 8.42 Å². The van der Waals surface area contributed by atoms with Gasteiger partial charge >= 0.3 is 0 Å². The molecule has 0 atom stereocenters. The molecule has 4 nitrogen and oxygen atoms in total. The zero-order valence-electron chi connectivity index (χ0n) is 10.9. The Kier molecular flexibility index (Phi) is 4.85. The second kappa shape index (κ2) is 6.26. The van der Waals surface area contributed by atoms with Crippen molar-refractivity contribution in [2.24, 2.45) is 0 Å². The van der Waals surface area contributed by atoms with Gasteiger partial charge in [0.25, 0.3) is 0 Å². The maximum absolute atomic E-state index is 12.4. The van der Waals surface area contributed by atoms with Crippen molar-refractivity contribution in [3.8, 4) is 0 Å². The average Bonchev–Trinajstić information content (AvgIpc) is 2.82. The van der Waals surface area contributed by atoms with Gasteiger partial charge in [0.15, 0.2) is 0 Å². The van der Waals surface area contributed by atoms with Gasteiger partial charge in [-0.2, -0.15) is 0 Å². The van der Waals surface area contributed by atoms with Crippen molar-refractivity contribution in [3.63, 3.8) is 0 Å². The first kappa shape index (κ1) is 15.5. The van der Waals surface area contributed by atoms with Crippen LogP contribution < -0.4 is 10.5 Å². The van der Waals surface area contributed by atoms with Gasteiger partial charge in [0.05, 0.1) is 8.68 Å². The lowest BCUT2D eigenvalue weighted by molar-refractivity contribution is 0.580. The van der Waals surface area contributed by atoms with E-state index in [1.54, 1.807) is 12.1 Å². The maximum Gasteiger partial charge on any atom is 0.241 e. The number of hydrogen-bond donors (Lipinski definition) is 2. The minimum absolute atomic E-state index is 0.260. The fraction of sp³-hybridized carbons (Fsp3) is 0.231. The van der Waals surface area contributed by atoms with Crippen LogP contribution in [0.2, 0.25) is 0 Å². The molecule has 0 fully saturated rings. The quantitative estimate of drug-likeness (QED) is 0.789. The Bertz CT molecular complexity index is 711. The second-order valence-electron chi connectivity index (χ2n) is 4.25. The van der Waals surface area contributed by atoms with Gasteiger partial charge in [0, 0.05) is 17.1 Å². The van der Waals surface area contributed by atoms with Crippen molar-refractivity contribution in [1.82, 2.24) is 4.72 Å². The third-order valence-corrected chi connectivity index (χ3v) is 5.93. The van der Waals surface area contributed by atoms with Gasteiger partial charge in [-0.3, -0.25) is 0 Å². The van der Waals surface area contributed by atoms with E-state index >= 15 is 0 Å². The molecule has 20 heavy (non-hydrogen) atoms. The van der Waals surface area contributed by atoms with Crippen molar-refractivity contribution in [2.75, 3.05) is 5.73 Å². The van der Waals surface area contributed by atoms with Crippen LogP contribution in [0.3, 0.4) is 0 Å². The first-order chi connectivity index (χ1) is 9.42. The van der Waals surface area contributed by atoms with Gasteiger partial charge in [-0.1, -0.05) is 13.0 Å². The minimum atomic E-state index is -3.55. The van der Waals surface area contributed by atoms with Crippen LogP contribution in [0.25, 0.3) is 0 Å². The lowest BCUT2D eigenvalue weighted by Crippen LogP contribution is -2.24. The molecule has 0 saturated carbocycles. The molecule has 1 aromatic carbocycles. The van der Waals surface area contributed by atoms with Crippen LogP contribution in [0, 0.1) is 0 Å². The zero-order chi connectivity index (χ0) is 14.8. The summed E-state index contributed by atoms with van der Waals surface area (Å²) >= 11 is 4.86. The van der Waals surface area contributed by atoms with Crippen molar-refractivity contribution in [2.45, 2.75) is 24.8 Å². The lowest BCUT2D eigenvalue weighted by atomic mass is 10.1. The Hall–Kier alpha value is -0.890. The number of rotatable bonds is 5. The number of anilines is 1. The van der Waals surface area contributed by atoms with Gasteiger partial charge in [-0.05, 0) is 52.2 Å². The largest absolute Gasteiger partial charge is 0.399 e. The summed E-state index contributed by atoms with van der Waals surface area (Å²) in [4.78, 5) is 1.21. The fourth-order valence-electron chi connectivity index (χ4n) is 1.80. The van der Waals surface area contributed by atoms with Crippen molar-refractivity contribution in [1.29, 1.82) is 0 Å². The smallest absolute Gasteiger partial charge is 0.241 e. The first-order valence-corrected chi connectivity index (χ1v) is 9.14. The fourth-order valence-corrected chi connectivity index (χ4v) is 4.67. The molecule has 0 spiro atoms. The molecule has 0 radical (unpaired) electrons. The Morgan fingerprint density at radius 3 is 2.65 bits per heavy atom. The number of nitrogens with one attached hydrogen (secondary N) is 1. The number of sulfonamides is 1. The molecular formula is C13H15BrN2O2S2. The molecule has 1 heterocycles. The number of nitrogen functional groups attached to an aromatic ring is 1. The average molecular weight is 375 g/mol. The van der Waals surface area contributed by atoms with E-state index in [2.05, 4.69) is 20.7 Å². The Balaban J connectivity index is 2.24. The molecule has 0 aliphatic heterocycles. The summed E-state index contributed by atoms with van der Waals surface area (Å²) in [7, 11) is -3.55. The highest BCUT2D eigenvalue weighted by Crippen LogP contribution is 2.23. The van der Waals surface area contributed by atoms with Crippen molar-refractivity contribution >= 4 is 43.0 Å². The summed E-state index contributed by atoms with van der Waals surface area (Å²) in [5.41, 5.74) is 6.90. The van der Waals surface area contributed by atoms with Crippen LogP contribution in [-0.2, 0) is 23.0 Å². The Morgan fingerprint density at radius 2 is 2.05 bits per heavy atom. The van der Waals surface area contributed by atoms with E-state index in [-0.39, 0.29) is 11.4 Å². The van der Waals surface area contributed by atoms with Gasteiger partial charge < -0.3 is 5.73 Å². The van der Waals surface area contributed by atoms with Crippen LogP contribution in [-0.4, -0.2) is 8.42 Å². The van der Waals surface area contributed by atoms with E-state index in [0.717, 1.165) is 14.2 Å². The SMILES string of the molecule is CCc1ccc(N)cc1S(=O)(=O)NCc1ccc(Br)s1. The molecule has 2 rings (SSSR count). The van der Waals surface area contributed by atoms with Crippen LogP contribution in [0.4, 0.5) is 5.69 Å². The number of nitrogens with two attached hydrogens (primary N) is 1. The minimum Gasteiger partial charge on any atom is -0.399 e. The maximum atomic E-state index is 12.4. The Labute approximate surface area is 131 Å². The summed E-state index contributed by atoms with van der Waals surface area (Å²) in [5.74, 6) is 0. The monoisotopic (exact) mass is 374 g/mol. The molecule has 0 bridgehead atoms. The Morgan fingerprint density at radius 1 is 1.30 bits per heavy atom. The van der Waals surface area contributed by atoms with Gasteiger partial charge in [0.2, 0.25) is 10.0 Å². The predicted molar refractivity (Wildman–Crippen MR) is 86.3 cm³/mol. The van der Waals surface area contributed by atoms with Crippen molar-refractivity contribution in [3.05, 3.63) is 44.6 Å². The molecule has 1 aromatic heterocycles. The topological polar surface area (TPSA) is 72.2 Å². The van der Waals surface area contributed by atoms with Crippen LogP contribution in [0.5, 0.6) is 0 Å². The molecule has 3 N–H and O–H groups in total. The highest BCUT2D eigenvalue weighted by molar-refractivity contribution is 9.11. The molecular weight excluding hydrogens is 360 g/mol. The molecule has 0 aliphatic carbocycles. The highest BCUT2D eigenvalue weighted by atomic mass is 79.9. The van der Waals surface area contributed by atoms with Gasteiger partial charge in [-0.15, -0.1) is 11.3 Å². The van der Waals surface area contributed by atoms with Crippen LogP contribution in [0.1, 0.15) is 17.4 Å². The second-order valence-corrected chi connectivity index (χ2v) is 8.53. The molecule has 2 aromatic rings. The number of thiophene rings is 1. The first-order valence-electron chi connectivity index (χ1n) is 6.04. The van der Waals surface area contributed by atoms with Crippen LogP contribution >= 0.6 is 27.3 Å². The van der Waals surface area contributed by atoms with E-state index < -0.39 is 10.0 Å². The molecule has 7 heteroatoms. The van der Waals surface area contributed by atoms with E-state index in [0.29, 0.717) is 12.1 Å². The number of hydrogen-bond acceptors (Lipinski definition) is 4. The predicted octanol–water partition coefficient (Wildman–Crippen LogP) is 3.13. The summed E-state index contributed by atoms with van der Waals surface area (Å²) in [6, 6.07) is 8.76. The van der Waals surface area contributed by atoms with E-state index in [1.807, 2.05) is 19.1 Å². The van der Waals surface area contributed by atoms with Crippen molar-refractivity contribution < 1.29 is 8.42 Å². The zero-order valence-corrected chi connectivity index (χ0v) is 14.1. The van der Waals surface area contributed by atoms with Gasteiger partial charge in [0.1, 0.15) is 0 Å². The summed E-state index contributed by atoms with van der Waals surface area (Å²) in [5, 5.41) is 0. The molecule has 108 valence electrons. The normalized spacial score (nSPS) is 11.7. The summed E-state index contributed by atoms with van der Waals surface area (Å²) < 4.78 is 28.3. The van der Waals surface area contributed by atoms with Gasteiger partial charge in [-0.25, -0.2) is 13.1 Å². The summed E-state index contributed by atoms with van der Waals surface area (Å²) in [6.45, 7) is 2.19. The third kappa shape index (κ3) is 3.60. The molecule has 0 unspecified atom stereocenters. The third-order valence-electron chi connectivity index (χ3n) is 2.83. The standard InChI is InChI=1S/C13H15BrN2O2S2/c1-2-9-3-4-10(15)7-12(9)20(17,18)16-8-11-5-6-13(14)19-11/h3-7,16H,2,8,15H2,1H3. The molecule has 0 amide bonds. The number of aryl methyl sites for hydroxylation is 1.